The number of ether oxygens (including phenoxy) is 2. The van der Waals surface area contributed by atoms with Crippen molar-refractivity contribution in [2.45, 2.75) is 111 Å². The summed E-state index contributed by atoms with van der Waals surface area (Å²) in [5.74, 6) is 0.874. The summed E-state index contributed by atoms with van der Waals surface area (Å²) in [6.07, 6.45) is 13.7. The number of aliphatic hydroxyl groups is 1. The van der Waals surface area contributed by atoms with Gasteiger partial charge in [0.05, 0.1) is 0 Å². The maximum Gasteiger partial charge on any atom is 0.303 e. The van der Waals surface area contributed by atoms with Crippen molar-refractivity contribution in [2.75, 3.05) is 18.1 Å². The average Bonchev–Trinajstić information content (AvgIpc) is 3.56. The highest BCUT2D eigenvalue weighted by molar-refractivity contribution is 5.71. The number of carbonyl (C=O) groups is 1. The van der Waals surface area contributed by atoms with Gasteiger partial charge in [0, 0.05) is 41.9 Å². The fourth-order valence-electron chi connectivity index (χ4n) is 8.10. The summed E-state index contributed by atoms with van der Waals surface area (Å²) in [4.78, 5) is 13.6. The van der Waals surface area contributed by atoms with Gasteiger partial charge in [-0.05, 0) is 110 Å². The zero-order valence-electron chi connectivity index (χ0n) is 35.0. The third-order valence-electron chi connectivity index (χ3n) is 11.5. The molecule has 1 aliphatic carbocycles. The van der Waals surface area contributed by atoms with Crippen molar-refractivity contribution in [1.82, 2.24) is 0 Å². The Morgan fingerprint density at radius 3 is 2.29 bits per heavy atom. The Bertz CT molecular complexity index is 2190. The summed E-state index contributed by atoms with van der Waals surface area (Å²) in [5, 5.41) is 48.1. The molecule has 302 valence electrons. The Labute approximate surface area is 344 Å². The van der Waals surface area contributed by atoms with Crippen molar-refractivity contribution in [1.29, 1.82) is 15.8 Å². The largest absolute Gasteiger partial charge is 0.481 e. The Morgan fingerprint density at radius 1 is 0.948 bits per heavy atom. The predicted octanol–water partition coefficient (Wildman–Crippen LogP) is 10.4. The van der Waals surface area contributed by atoms with E-state index in [0.717, 1.165) is 66.1 Å². The number of aliphatic hydroxyl groups excluding tert-OH is 1. The molecule has 1 unspecified atom stereocenters. The van der Waals surface area contributed by atoms with E-state index in [4.69, 9.17) is 9.47 Å². The average molecular weight is 781 g/mol. The molecular weight excluding hydrogens is 725 g/mol. The first-order chi connectivity index (χ1) is 27.5. The lowest BCUT2D eigenvalue weighted by Gasteiger charge is -2.36. The molecule has 0 bridgehead atoms. The van der Waals surface area contributed by atoms with Crippen LogP contribution < -0.4 is 9.64 Å². The number of aryl methyl sites for hydroxylation is 1. The molecule has 1 atom stereocenters. The maximum absolute atomic E-state index is 11.2. The summed E-state index contributed by atoms with van der Waals surface area (Å²) in [5.41, 5.74) is 5.81. The molecule has 2 aromatic carbocycles. The van der Waals surface area contributed by atoms with E-state index in [1.165, 1.54) is 5.56 Å². The Balaban J connectivity index is 1.67. The second kappa shape index (κ2) is 18.2. The van der Waals surface area contributed by atoms with E-state index in [-0.39, 0.29) is 46.7 Å². The van der Waals surface area contributed by atoms with Crippen molar-refractivity contribution < 1.29 is 24.5 Å². The molecule has 58 heavy (non-hydrogen) atoms. The van der Waals surface area contributed by atoms with Gasteiger partial charge in [0.15, 0.2) is 11.3 Å². The van der Waals surface area contributed by atoms with E-state index < -0.39 is 11.6 Å². The number of carboxylic acid groups (broad SMARTS) is 1. The molecule has 0 saturated carbocycles. The van der Waals surface area contributed by atoms with Gasteiger partial charge in [-0.1, -0.05) is 89.6 Å². The molecule has 2 aliphatic heterocycles. The lowest BCUT2D eigenvalue weighted by Crippen LogP contribution is -2.28. The van der Waals surface area contributed by atoms with Gasteiger partial charge in [-0.25, -0.2) is 0 Å². The predicted molar refractivity (Wildman–Crippen MR) is 226 cm³/mol. The summed E-state index contributed by atoms with van der Waals surface area (Å²) in [6.45, 7) is 15.8. The Morgan fingerprint density at radius 2 is 1.66 bits per heavy atom. The van der Waals surface area contributed by atoms with Crippen LogP contribution in [-0.4, -0.2) is 34.9 Å². The number of para-hydroxylation sites is 1. The van der Waals surface area contributed by atoms with E-state index in [9.17, 15) is 30.8 Å². The molecule has 2 N–H and O–H groups in total. The molecule has 2 aromatic rings. The van der Waals surface area contributed by atoms with Crippen LogP contribution in [0, 0.1) is 45.3 Å². The van der Waals surface area contributed by atoms with Gasteiger partial charge in [-0.2, -0.15) is 15.8 Å². The highest BCUT2D eigenvalue weighted by Crippen LogP contribution is 2.49. The number of fused-ring (bicyclic) bond motifs is 1. The van der Waals surface area contributed by atoms with Gasteiger partial charge in [0.2, 0.25) is 0 Å². The van der Waals surface area contributed by atoms with Gasteiger partial charge < -0.3 is 24.6 Å². The number of aliphatic carboxylic acids is 1. The zero-order chi connectivity index (χ0) is 42.3. The molecular formula is C49H56N4O5. The number of unbranched alkanes of at least 4 members (excludes halogenated alkanes) is 2. The quantitative estimate of drug-likeness (QED) is 0.141. The topological polar surface area (TPSA) is 151 Å². The van der Waals surface area contributed by atoms with Crippen LogP contribution in [0.3, 0.4) is 0 Å². The number of rotatable bonds is 14. The maximum atomic E-state index is 11.2. The van der Waals surface area contributed by atoms with Crippen LogP contribution in [0.25, 0.3) is 0 Å². The lowest BCUT2D eigenvalue weighted by molar-refractivity contribution is -0.137. The molecule has 0 saturated heterocycles. The van der Waals surface area contributed by atoms with Gasteiger partial charge in [-0.15, -0.1) is 0 Å². The van der Waals surface area contributed by atoms with Crippen LogP contribution in [0.5, 0.6) is 5.75 Å². The third-order valence-corrected chi connectivity index (χ3v) is 11.5. The minimum absolute atomic E-state index is 0.000993. The van der Waals surface area contributed by atoms with Crippen LogP contribution >= 0.6 is 0 Å². The van der Waals surface area contributed by atoms with E-state index in [2.05, 4.69) is 82.0 Å². The van der Waals surface area contributed by atoms with Crippen molar-refractivity contribution in [2.24, 2.45) is 11.3 Å². The molecule has 0 spiro atoms. The molecule has 0 amide bonds. The molecule has 9 heteroatoms. The summed E-state index contributed by atoms with van der Waals surface area (Å²) in [6, 6.07) is 22.4. The zero-order valence-corrected chi connectivity index (χ0v) is 35.0. The second-order valence-electron chi connectivity index (χ2n) is 17.4. The third kappa shape index (κ3) is 9.64. The van der Waals surface area contributed by atoms with E-state index in [1.54, 1.807) is 0 Å². The summed E-state index contributed by atoms with van der Waals surface area (Å²) < 4.78 is 13.0. The molecule has 9 nitrogen and oxygen atoms in total. The van der Waals surface area contributed by atoms with Crippen LogP contribution in [0.1, 0.15) is 105 Å². The standard InChI is InChI=1S/C49H56N4O5/c1-47(2,3)37-28-34(20-24-40-39(32-52)46(36(30-50)31-51)58-49(40,6)7)45(57-38-22-18-33(19-23-38)14-13-27-54)35(29-37)21-25-43-48(4,5)41-15-10-11-16-42(41)53(43)26-12-8-9-17-44(55)56/h10-11,15-16,18-25,37,54H,8-9,12-14,17,26-29H2,1-7H3,(H,55,56)/b24-20+,35-21+,43-25+. The number of benzene rings is 2. The first-order valence-corrected chi connectivity index (χ1v) is 20.2. The Kier molecular flexibility index (Phi) is 13.6. The van der Waals surface area contributed by atoms with Crippen LogP contribution in [0.4, 0.5) is 5.69 Å². The van der Waals surface area contributed by atoms with E-state index in [0.29, 0.717) is 30.6 Å². The monoisotopic (exact) mass is 780 g/mol. The smallest absolute Gasteiger partial charge is 0.303 e. The van der Waals surface area contributed by atoms with Gasteiger partial charge in [0.25, 0.3) is 0 Å². The van der Waals surface area contributed by atoms with Crippen molar-refractivity contribution >= 4 is 11.7 Å². The molecule has 2 heterocycles. The lowest BCUT2D eigenvalue weighted by atomic mass is 9.70. The van der Waals surface area contributed by atoms with Gasteiger partial charge in [0.1, 0.15) is 40.9 Å². The van der Waals surface area contributed by atoms with Crippen LogP contribution in [-0.2, 0) is 21.4 Å². The molecule has 0 fully saturated rings. The molecule has 3 aliphatic rings. The Hall–Kier alpha value is -5.82. The van der Waals surface area contributed by atoms with Crippen molar-refractivity contribution in [3.05, 3.63) is 129 Å². The fourth-order valence-corrected chi connectivity index (χ4v) is 8.10. The number of hydrogen-bond donors (Lipinski definition) is 2. The fraction of sp³-hybridized carbons (Fsp3) is 0.429. The molecule has 0 aromatic heterocycles. The number of carboxylic acids is 1. The summed E-state index contributed by atoms with van der Waals surface area (Å²) >= 11 is 0. The van der Waals surface area contributed by atoms with Crippen molar-refractivity contribution in [3.63, 3.8) is 0 Å². The number of allylic oxidation sites excluding steroid dienone is 8. The molecule has 0 radical (unpaired) electrons. The van der Waals surface area contributed by atoms with Gasteiger partial charge >= 0.3 is 5.97 Å². The highest BCUT2D eigenvalue weighted by Gasteiger charge is 2.41. The first-order valence-electron chi connectivity index (χ1n) is 20.2. The normalized spacial score (nSPS) is 19.9. The highest BCUT2D eigenvalue weighted by atomic mass is 16.5. The minimum atomic E-state index is -0.969. The second-order valence-corrected chi connectivity index (χ2v) is 17.4. The number of hydrogen-bond acceptors (Lipinski definition) is 8. The van der Waals surface area contributed by atoms with Crippen molar-refractivity contribution in [3.8, 4) is 24.0 Å². The number of anilines is 1. The van der Waals surface area contributed by atoms with E-state index in [1.807, 2.05) is 62.4 Å². The van der Waals surface area contributed by atoms with E-state index >= 15 is 0 Å². The van der Waals surface area contributed by atoms with Gasteiger partial charge in [-0.3, -0.25) is 4.79 Å². The van der Waals surface area contributed by atoms with Crippen LogP contribution in [0.2, 0.25) is 0 Å². The molecule has 5 rings (SSSR count). The minimum Gasteiger partial charge on any atom is -0.481 e. The number of nitriles is 3. The summed E-state index contributed by atoms with van der Waals surface area (Å²) in [7, 11) is 0. The van der Waals surface area contributed by atoms with Crippen LogP contribution in [0.15, 0.2) is 118 Å². The first kappa shape index (κ1) is 43.3. The SMILES string of the molecule is CC1(C)OC(=C(C#N)C#N)C(C#N)=C1/C=C/C1=C(Oc2ccc(CCCO)cc2)C(=C/C=C2/N(CCCCCC(=O)O)c3ccccc3C2(C)C)/CC(C(C)(C)C)C1. The number of nitrogens with zero attached hydrogens (tertiary/aromatic N) is 4.